The number of rotatable bonds is 2. The van der Waals surface area contributed by atoms with Crippen LogP contribution in [0.3, 0.4) is 0 Å². The third-order valence-corrected chi connectivity index (χ3v) is 6.28. The predicted molar refractivity (Wildman–Crippen MR) is 92.0 cm³/mol. The summed E-state index contributed by atoms with van der Waals surface area (Å²) in [5.41, 5.74) is 10.2. The predicted octanol–water partition coefficient (Wildman–Crippen LogP) is 4.13. The summed E-state index contributed by atoms with van der Waals surface area (Å²) in [6, 6.07) is 12.6. The maximum Gasteiger partial charge on any atom is 0.0753 e. The molecule has 0 amide bonds. The van der Waals surface area contributed by atoms with Gasteiger partial charge in [-0.15, -0.1) is 11.3 Å². The first-order valence-electron chi connectivity index (χ1n) is 7.11. The van der Waals surface area contributed by atoms with Gasteiger partial charge in [-0.3, -0.25) is 4.98 Å². The lowest BCUT2D eigenvalue weighted by Gasteiger charge is -2.12. The molecule has 1 aliphatic heterocycles. The smallest absolute Gasteiger partial charge is 0.0753 e. The fraction of sp³-hybridized carbons (Fsp3) is 0.235. The number of nitrogens with two attached hydrogens (primary N) is 1. The van der Waals surface area contributed by atoms with E-state index in [9.17, 15) is 0 Å². The first-order chi connectivity index (χ1) is 10.3. The molecule has 0 bridgehead atoms. The second-order valence-electron chi connectivity index (χ2n) is 5.30. The van der Waals surface area contributed by atoms with E-state index in [-0.39, 0.29) is 6.04 Å². The average molecular weight is 312 g/mol. The lowest BCUT2D eigenvalue weighted by Crippen LogP contribution is -2.11. The van der Waals surface area contributed by atoms with Gasteiger partial charge in [-0.25, -0.2) is 0 Å². The molecule has 2 N–H and O–H groups in total. The van der Waals surface area contributed by atoms with E-state index in [0.29, 0.717) is 0 Å². The first kappa shape index (κ1) is 13.3. The minimum atomic E-state index is -0.0794. The van der Waals surface area contributed by atoms with Crippen molar-refractivity contribution in [2.24, 2.45) is 5.73 Å². The molecule has 106 valence electrons. The number of hydrogen-bond donors (Lipinski definition) is 1. The zero-order chi connectivity index (χ0) is 14.2. The van der Waals surface area contributed by atoms with Crippen molar-refractivity contribution < 1.29 is 0 Å². The van der Waals surface area contributed by atoms with Crippen LogP contribution >= 0.6 is 23.1 Å². The van der Waals surface area contributed by atoms with Gasteiger partial charge >= 0.3 is 0 Å². The standard InChI is InChI=1S/C17H16N2S2/c18-16(15-9-12-10-20-8-6-14(12)21-15)13-5-1-3-11-4-2-7-19-17(11)13/h1-5,7,9,16H,6,8,10,18H2. The minimum absolute atomic E-state index is 0.0794. The highest BCUT2D eigenvalue weighted by Gasteiger charge is 2.19. The van der Waals surface area contributed by atoms with Crippen molar-refractivity contribution in [3.63, 3.8) is 0 Å². The largest absolute Gasteiger partial charge is 0.320 e. The molecular weight excluding hydrogens is 296 g/mol. The summed E-state index contributed by atoms with van der Waals surface area (Å²) in [4.78, 5) is 7.32. The summed E-state index contributed by atoms with van der Waals surface area (Å²) >= 11 is 3.90. The van der Waals surface area contributed by atoms with Crippen LogP contribution in [-0.2, 0) is 12.2 Å². The number of benzene rings is 1. The van der Waals surface area contributed by atoms with Crippen molar-refractivity contribution in [2.75, 3.05) is 5.75 Å². The van der Waals surface area contributed by atoms with Crippen molar-refractivity contribution in [1.82, 2.24) is 4.98 Å². The molecule has 21 heavy (non-hydrogen) atoms. The number of para-hydroxylation sites is 1. The number of fused-ring (bicyclic) bond motifs is 2. The number of aryl methyl sites for hydroxylation is 1. The van der Waals surface area contributed by atoms with Crippen LogP contribution in [0.15, 0.2) is 42.6 Å². The topological polar surface area (TPSA) is 38.9 Å². The van der Waals surface area contributed by atoms with E-state index in [0.717, 1.165) is 22.2 Å². The highest BCUT2D eigenvalue weighted by atomic mass is 32.2. The van der Waals surface area contributed by atoms with Gasteiger partial charge in [0.2, 0.25) is 0 Å². The average Bonchev–Trinajstić information content (AvgIpc) is 2.97. The molecule has 0 aliphatic carbocycles. The summed E-state index contributed by atoms with van der Waals surface area (Å²) in [5, 5.41) is 1.15. The van der Waals surface area contributed by atoms with Crippen LogP contribution in [0.25, 0.3) is 10.9 Å². The Hall–Kier alpha value is -1.36. The Kier molecular flexibility index (Phi) is 3.45. The minimum Gasteiger partial charge on any atom is -0.320 e. The van der Waals surface area contributed by atoms with E-state index in [4.69, 9.17) is 5.73 Å². The van der Waals surface area contributed by atoms with Crippen molar-refractivity contribution in [3.05, 3.63) is 63.5 Å². The van der Waals surface area contributed by atoms with Crippen LogP contribution in [0.5, 0.6) is 0 Å². The van der Waals surface area contributed by atoms with Crippen LogP contribution in [0, 0.1) is 0 Å². The van der Waals surface area contributed by atoms with Gasteiger partial charge in [-0.05, 0) is 29.9 Å². The Labute approximate surface area is 132 Å². The van der Waals surface area contributed by atoms with E-state index < -0.39 is 0 Å². The van der Waals surface area contributed by atoms with Gasteiger partial charge in [0.15, 0.2) is 0 Å². The molecule has 1 unspecified atom stereocenters. The van der Waals surface area contributed by atoms with Crippen LogP contribution in [0.4, 0.5) is 0 Å². The number of hydrogen-bond acceptors (Lipinski definition) is 4. The second kappa shape index (κ2) is 5.44. The van der Waals surface area contributed by atoms with Crippen LogP contribution in [0.1, 0.15) is 26.9 Å². The molecule has 1 aromatic carbocycles. The van der Waals surface area contributed by atoms with Gasteiger partial charge in [0.1, 0.15) is 0 Å². The van der Waals surface area contributed by atoms with Crippen LogP contribution in [0.2, 0.25) is 0 Å². The first-order valence-corrected chi connectivity index (χ1v) is 9.08. The second-order valence-corrected chi connectivity index (χ2v) is 7.57. The summed E-state index contributed by atoms with van der Waals surface area (Å²) in [5.74, 6) is 2.37. The normalized spacial score (nSPS) is 15.9. The van der Waals surface area contributed by atoms with Gasteiger partial charge < -0.3 is 5.73 Å². The fourth-order valence-corrected chi connectivity index (χ4v) is 5.25. The molecule has 3 aromatic rings. The van der Waals surface area contributed by atoms with E-state index in [1.807, 2.05) is 35.4 Å². The SMILES string of the molecule is NC(c1cc2c(s1)CCSC2)c1cccc2cccnc12. The van der Waals surface area contributed by atoms with Gasteiger partial charge in [-0.2, -0.15) is 11.8 Å². The molecule has 0 spiro atoms. The Morgan fingerprint density at radius 2 is 2.10 bits per heavy atom. The molecule has 4 rings (SSSR count). The molecule has 2 nitrogen and oxygen atoms in total. The lowest BCUT2D eigenvalue weighted by atomic mass is 10.0. The summed E-state index contributed by atoms with van der Waals surface area (Å²) in [6.45, 7) is 0. The summed E-state index contributed by atoms with van der Waals surface area (Å²) < 4.78 is 0. The van der Waals surface area contributed by atoms with Crippen molar-refractivity contribution in [3.8, 4) is 0 Å². The zero-order valence-electron chi connectivity index (χ0n) is 11.6. The maximum atomic E-state index is 6.56. The molecule has 1 aliphatic rings. The third kappa shape index (κ3) is 2.37. The summed E-state index contributed by atoms with van der Waals surface area (Å²) in [6.07, 6.45) is 3.03. The third-order valence-electron chi connectivity index (χ3n) is 3.95. The molecule has 0 radical (unpaired) electrons. The van der Waals surface area contributed by atoms with Crippen LogP contribution in [-0.4, -0.2) is 10.7 Å². The van der Waals surface area contributed by atoms with Gasteiger partial charge in [-0.1, -0.05) is 24.3 Å². The van der Waals surface area contributed by atoms with Crippen molar-refractivity contribution >= 4 is 34.0 Å². The number of thiophene rings is 1. The molecule has 0 saturated carbocycles. The van der Waals surface area contributed by atoms with Crippen LogP contribution < -0.4 is 5.73 Å². The molecular formula is C17H16N2S2. The number of thioether (sulfide) groups is 1. The van der Waals surface area contributed by atoms with E-state index in [1.54, 1.807) is 0 Å². The molecule has 0 saturated heterocycles. The van der Waals surface area contributed by atoms with E-state index in [1.165, 1.54) is 27.5 Å². The molecule has 4 heteroatoms. The quantitative estimate of drug-likeness (QED) is 0.773. The Morgan fingerprint density at radius 3 is 3.00 bits per heavy atom. The highest BCUT2D eigenvalue weighted by molar-refractivity contribution is 7.98. The highest BCUT2D eigenvalue weighted by Crippen LogP contribution is 2.36. The van der Waals surface area contributed by atoms with Crippen molar-refractivity contribution in [1.29, 1.82) is 0 Å². The molecule has 1 atom stereocenters. The van der Waals surface area contributed by atoms with Gasteiger partial charge in [0.05, 0.1) is 11.6 Å². The Bertz CT molecular complexity index is 766. The maximum absolute atomic E-state index is 6.56. The zero-order valence-corrected chi connectivity index (χ0v) is 13.2. The van der Waals surface area contributed by atoms with Gasteiger partial charge in [0.25, 0.3) is 0 Å². The Morgan fingerprint density at radius 1 is 1.19 bits per heavy atom. The van der Waals surface area contributed by atoms with Crippen molar-refractivity contribution in [2.45, 2.75) is 18.2 Å². The number of nitrogens with zero attached hydrogens (tertiary/aromatic N) is 1. The fourth-order valence-electron chi connectivity index (χ4n) is 2.86. The molecule has 3 heterocycles. The van der Waals surface area contributed by atoms with E-state index >= 15 is 0 Å². The summed E-state index contributed by atoms with van der Waals surface area (Å²) in [7, 11) is 0. The number of aromatic nitrogens is 1. The molecule has 0 fully saturated rings. The molecule has 2 aromatic heterocycles. The number of pyridine rings is 1. The van der Waals surface area contributed by atoms with Gasteiger partial charge in [0, 0.05) is 32.7 Å². The Balaban J connectivity index is 1.79. The van der Waals surface area contributed by atoms with E-state index in [2.05, 4.69) is 35.3 Å². The monoisotopic (exact) mass is 312 g/mol. The lowest BCUT2D eigenvalue weighted by molar-refractivity contribution is 0.898.